The molecule has 0 saturated carbocycles. The van der Waals surface area contributed by atoms with Crippen molar-refractivity contribution >= 4 is 46.2 Å². The third-order valence-electron chi connectivity index (χ3n) is 5.58. The average Bonchev–Trinajstić information content (AvgIpc) is 2.81. The summed E-state index contributed by atoms with van der Waals surface area (Å²) in [7, 11) is 0. The minimum atomic E-state index is -0.395. The Morgan fingerprint density at radius 2 is 1.88 bits per heavy atom. The van der Waals surface area contributed by atoms with Crippen LogP contribution >= 0.6 is 11.6 Å². The number of anilines is 1. The number of hydrogen-bond donors (Lipinski definition) is 1. The summed E-state index contributed by atoms with van der Waals surface area (Å²) >= 11 is 6.27. The van der Waals surface area contributed by atoms with Crippen molar-refractivity contribution in [2.45, 2.75) is 39.7 Å². The van der Waals surface area contributed by atoms with Gasteiger partial charge in [0.15, 0.2) is 5.82 Å². The molecule has 0 aliphatic heterocycles. The van der Waals surface area contributed by atoms with Crippen LogP contribution in [0.1, 0.15) is 45.0 Å². The summed E-state index contributed by atoms with van der Waals surface area (Å²) in [6.07, 6.45) is 5.66. The first kappa shape index (κ1) is 24.6. The number of likely N-dealkylation sites (N-methyl/N-ethyl adjacent to an activating group) is 1. The lowest BCUT2D eigenvalue weighted by molar-refractivity contribution is -0.384. The third-order valence-corrected chi connectivity index (χ3v) is 5.92. The molecule has 0 fully saturated rings. The van der Waals surface area contributed by atoms with Gasteiger partial charge in [-0.25, -0.2) is 9.97 Å². The summed E-state index contributed by atoms with van der Waals surface area (Å²) < 4.78 is 0. The van der Waals surface area contributed by atoms with E-state index in [2.05, 4.69) is 36.0 Å². The van der Waals surface area contributed by atoms with Crippen LogP contribution in [0.15, 0.2) is 42.5 Å². The van der Waals surface area contributed by atoms with E-state index in [1.807, 2.05) is 36.4 Å². The molecule has 2 aromatic carbocycles. The van der Waals surface area contributed by atoms with Crippen LogP contribution in [0.4, 0.5) is 11.5 Å². The standard InChI is InChI=1S/C25H30ClN5O2/c1-4-9-19(17-30(5-2)6-3)27-25-21-16-20(31(32)33)13-14-23(21)28-24(29-25)15-12-18-10-7-8-11-22(18)26/h7-8,10-16,19H,4-6,9,17H2,1-3H3,(H,27,28,29)/b15-12+. The molecule has 1 unspecified atom stereocenters. The van der Waals surface area contributed by atoms with Crippen molar-refractivity contribution in [1.29, 1.82) is 0 Å². The highest BCUT2D eigenvalue weighted by molar-refractivity contribution is 6.32. The number of nitro benzene ring substituents is 1. The molecule has 1 atom stereocenters. The fourth-order valence-electron chi connectivity index (χ4n) is 3.75. The fraction of sp³-hybridized carbons (Fsp3) is 0.360. The van der Waals surface area contributed by atoms with Crippen molar-refractivity contribution in [3.05, 3.63) is 69.0 Å². The molecule has 0 aliphatic rings. The number of non-ortho nitro benzene ring substituents is 1. The van der Waals surface area contributed by atoms with Gasteiger partial charge in [0.2, 0.25) is 0 Å². The molecule has 0 aliphatic carbocycles. The second kappa shape index (κ2) is 11.7. The van der Waals surface area contributed by atoms with Crippen molar-refractivity contribution in [2.75, 3.05) is 25.0 Å². The van der Waals surface area contributed by atoms with Crippen LogP contribution in [-0.2, 0) is 0 Å². The van der Waals surface area contributed by atoms with E-state index in [9.17, 15) is 10.1 Å². The van der Waals surface area contributed by atoms with Gasteiger partial charge in [-0.1, -0.05) is 57.0 Å². The Morgan fingerprint density at radius 1 is 1.12 bits per heavy atom. The van der Waals surface area contributed by atoms with Crippen LogP contribution in [0.5, 0.6) is 0 Å². The summed E-state index contributed by atoms with van der Waals surface area (Å²) in [5, 5.41) is 16.2. The van der Waals surface area contributed by atoms with E-state index < -0.39 is 4.92 Å². The van der Waals surface area contributed by atoms with Gasteiger partial charge in [0.1, 0.15) is 5.82 Å². The molecule has 174 valence electrons. The number of nitrogens with one attached hydrogen (secondary N) is 1. The van der Waals surface area contributed by atoms with Crippen molar-refractivity contribution in [2.24, 2.45) is 0 Å². The number of nitrogens with zero attached hydrogens (tertiary/aromatic N) is 4. The van der Waals surface area contributed by atoms with Gasteiger partial charge >= 0.3 is 0 Å². The van der Waals surface area contributed by atoms with E-state index in [1.165, 1.54) is 6.07 Å². The molecule has 33 heavy (non-hydrogen) atoms. The van der Waals surface area contributed by atoms with Gasteiger partial charge in [0, 0.05) is 35.1 Å². The van der Waals surface area contributed by atoms with Gasteiger partial charge in [-0.2, -0.15) is 0 Å². The molecular weight excluding hydrogens is 438 g/mol. The maximum absolute atomic E-state index is 11.4. The van der Waals surface area contributed by atoms with Crippen LogP contribution in [0, 0.1) is 10.1 Å². The van der Waals surface area contributed by atoms with Crippen LogP contribution in [-0.4, -0.2) is 45.5 Å². The van der Waals surface area contributed by atoms with Gasteiger partial charge in [-0.15, -0.1) is 0 Å². The van der Waals surface area contributed by atoms with Gasteiger partial charge in [-0.05, 0) is 49.4 Å². The van der Waals surface area contributed by atoms with Gasteiger partial charge in [0.25, 0.3) is 5.69 Å². The highest BCUT2D eigenvalue weighted by Crippen LogP contribution is 2.27. The van der Waals surface area contributed by atoms with Crippen molar-refractivity contribution in [3.63, 3.8) is 0 Å². The Morgan fingerprint density at radius 3 is 2.55 bits per heavy atom. The lowest BCUT2D eigenvalue weighted by atomic mass is 10.1. The summed E-state index contributed by atoms with van der Waals surface area (Å²) in [6.45, 7) is 9.23. The van der Waals surface area contributed by atoms with Crippen LogP contribution in [0.25, 0.3) is 23.1 Å². The average molecular weight is 468 g/mol. The summed E-state index contributed by atoms with van der Waals surface area (Å²) in [4.78, 5) is 22.7. The first-order chi connectivity index (χ1) is 15.9. The Balaban J connectivity index is 2.03. The molecule has 1 heterocycles. The zero-order valence-corrected chi connectivity index (χ0v) is 20.0. The molecule has 0 spiro atoms. The monoisotopic (exact) mass is 467 g/mol. The van der Waals surface area contributed by atoms with Crippen molar-refractivity contribution in [3.8, 4) is 0 Å². The lowest BCUT2D eigenvalue weighted by Crippen LogP contribution is -2.36. The van der Waals surface area contributed by atoms with Gasteiger partial charge in [0.05, 0.1) is 10.4 Å². The molecule has 3 rings (SSSR count). The molecule has 8 heteroatoms. The first-order valence-corrected chi connectivity index (χ1v) is 11.7. The number of rotatable bonds is 11. The van der Waals surface area contributed by atoms with E-state index in [0.717, 1.165) is 38.0 Å². The highest BCUT2D eigenvalue weighted by atomic mass is 35.5. The maximum Gasteiger partial charge on any atom is 0.270 e. The Kier molecular flexibility index (Phi) is 8.74. The molecule has 7 nitrogen and oxygen atoms in total. The number of aromatic nitrogens is 2. The molecule has 0 saturated heterocycles. The zero-order chi connectivity index (χ0) is 23.8. The molecule has 0 bridgehead atoms. The normalized spacial score (nSPS) is 12.5. The van der Waals surface area contributed by atoms with Crippen LogP contribution < -0.4 is 5.32 Å². The Labute approximate surface area is 199 Å². The minimum Gasteiger partial charge on any atom is -0.365 e. The van der Waals surface area contributed by atoms with Gasteiger partial charge in [-0.3, -0.25) is 10.1 Å². The maximum atomic E-state index is 11.4. The van der Waals surface area contributed by atoms with E-state index in [0.29, 0.717) is 27.6 Å². The molecule has 0 amide bonds. The first-order valence-electron chi connectivity index (χ1n) is 11.3. The Hall–Kier alpha value is -3.03. The van der Waals surface area contributed by atoms with E-state index in [1.54, 1.807) is 12.1 Å². The minimum absolute atomic E-state index is 0.0179. The summed E-state index contributed by atoms with van der Waals surface area (Å²) in [5.74, 6) is 1.12. The van der Waals surface area contributed by atoms with Crippen LogP contribution in [0.3, 0.4) is 0 Å². The smallest absolute Gasteiger partial charge is 0.270 e. The molecule has 3 aromatic rings. The number of halogens is 1. The molecular formula is C25H30ClN5O2. The van der Waals surface area contributed by atoms with E-state index in [-0.39, 0.29) is 11.7 Å². The SMILES string of the molecule is CCCC(CN(CC)CC)Nc1nc(/C=C/c2ccccc2Cl)nc2ccc([N+](=O)[O-])cc12. The fourth-order valence-corrected chi connectivity index (χ4v) is 3.95. The van der Waals surface area contributed by atoms with Gasteiger partial charge < -0.3 is 10.2 Å². The lowest BCUT2D eigenvalue weighted by Gasteiger charge is -2.26. The molecule has 1 aromatic heterocycles. The predicted octanol–water partition coefficient (Wildman–Crippen LogP) is 6.28. The highest BCUT2D eigenvalue weighted by Gasteiger charge is 2.17. The second-order valence-electron chi connectivity index (χ2n) is 7.86. The number of benzene rings is 2. The van der Waals surface area contributed by atoms with Crippen molar-refractivity contribution in [1.82, 2.24) is 14.9 Å². The van der Waals surface area contributed by atoms with E-state index >= 15 is 0 Å². The number of hydrogen-bond acceptors (Lipinski definition) is 6. The number of fused-ring (bicyclic) bond motifs is 1. The largest absolute Gasteiger partial charge is 0.365 e. The molecule has 0 radical (unpaired) electrons. The third kappa shape index (κ3) is 6.49. The summed E-state index contributed by atoms with van der Waals surface area (Å²) in [5.41, 5.74) is 1.53. The quantitative estimate of drug-likeness (QED) is 0.263. The zero-order valence-electron chi connectivity index (χ0n) is 19.3. The van der Waals surface area contributed by atoms with Crippen LogP contribution in [0.2, 0.25) is 5.02 Å². The van der Waals surface area contributed by atoms with E-state index in [4.69, 9.17) is 16.6 Å². The van der Waals surface area contributed by atoms with Crippen molar-refractivity contribution < 1.29 is 4.92 Å². The summed E-state index contributed by atoms with van der Waals surface area (Å²) in [6, 6.07) is 12.4. The predicted molar refractivity (Wildman–Crippen MR) is 137 cm³/mol. The molecule has 1 N–H and O–H groups in total. The second-order valence-corrected chi connectivity index (χ2v) is 8.27. The number of nitro groups is 1. The Bertz CT molecular complexity index is 1130. The topological polar surface area (TPSA) is 84.2 Å².